The van der Waals surface area contributed by atoms with E-state index in [2.05, 4.69) is 4.98 Å². The van der Waals surface area contributed by atoms with Crippen LogP contribution in [0.4, 0.5) is 4.79 Å². The van der Waals surface area contributed by atoms with Gasteiger partial charge in [0.2, 0.25) is 0 Å². The van der Waals surface area contributed by atoms with E-state index in [1.807, 2.05) is 26.0 Å². The van der Waals surface area contributed by atoms with Gasteiger partial charge in [0.05, 0.1) is 5.37 Å². The number of urea groups is 1. The largest absolute Gasteiger partial charge is 0.480 e. The van der Waals surface area contributed by atoms with Gasteiger partial charge in [-0.1, -0.05) is 0 Å². The Bertz CT molecular complexity index is 511. The number of carbonyl (C=O) groups is 2. The molecule has 2 amide bonds. The van der Waals surface area contributed by atoms with Gasteiger partial charge in [0.25, 0.3) is 0 Å². The number of carbonyl (C=O) groups excluding carboxylic acids is 1. The Hall–Kier alpha value is -1.76. The Balaban J connectivity index is 2.13. The lowest BCUT2D eigenvalue weighted by Crippen LogP contribution is -2.50. The molecule has 1 aromatic heterocycles. The molecule has 114 valence electrons. The monoisotopic (exact) mass is 309 g/mol. The maximum Gasteiger partial charge on any atom is 0.327 e. The number of nitrogens with zero attached hydrogens (tertiary/aromatic N) is 3. The number of hydrogen-bond donors (Lipinski definition) is 1. The van der Waals surface area contributed by atoms with Gasteiger partial charge in [-0.05, 0) is 31.5 Å². The first-order valence-corrected chi connectivity index (χ1v) is 7.90. The van der Waals surface area contributed by atoms with Gasteiger partial charge in [0.1, 0.15) is 6.04 Å². The summed E-state index contributed by atoms with van der Waals surface area (Å²) in [4.78, 5) is 31.0. The van der Waals surface area contributed by atoms with Gasteiger partial charge in [0, 0.05) is 31.2 Å². The van der Waals surface area contributed by atoms with Crippen molar-refractivity contribution in [2.24, 2.45) is 0 Å². The lowest BCUT2D eigenvalue weighted by molar-refractivity contribution is -0.141. The predicted molar refractivity (Wildman–Crippen MR) is 80.9 cm³/mol. The smallest absolute Gasteiger partial charge is 0.327 e. The number of amides is 2. The van der Waals surface area contributed by atoms with Gasteiger partial charge >= 0.3 is 12.0 Å². The van der Waals surface area contributed by atoms with Crippen molar-refractivity contribution < 1.29 is 14.7 Å². The van der Waals surface area contributed by atoms with Crippen LogP contribution in [0.2, 0.25) is 0 Å². The van der Waals surface area contributed by atoms with Crippen LogP contribution in [0.15, 0.2) is 24.5 Å². The normalized spacial score (nSPS) is 21.3. The highest BCUT2D eigenvalue weighted by Gasteiger charge is 2.41. The predicted octanol–water partition coefficient (Wildman–Crippen LogP) is 1.87. The molecular weight excluding hydrogens is 290 g/mol. The van der Waals surface area contributed by atoms with Gasteiger partial charge in [-0.2, -0.15) is 0 Å². The molecule has 7 heteroatoms. The van der Waals surface area contributed by atoms with Crippen molar-refractivity contribution in [1.29, 1.82) is 0 Å². The van der Waals surface area contributed by atoms with Crippen molar-refractivity contribution in [3.8, 4) is 0 Å². The minimum atomic E-state index is -0.944. The average Bonchev–Trinajstić information content (AvgIpc) is 2.87. The summed E-state index contributed by atoms with van der Waals surface area (Å²) in [5.41, 5.74) is 0.978. The summed E-state index contributed by atoms with van der Waals surface area (Å²) >= 11 is 1.49. The van der Waals surface area contributed by atoms with Gasteiger partial charge in [0.15, 0.2) is 0 Å². The standard InChI is InChI=1S/C14H19N3O3S/c1-3-16(8-11-4-6-15-7-5-11)14(20)17-10(2)21-9-12(17)13(18)19/h4-7,10,12H,3,8-9H2,1-2H3,(H,18,19). The van der Waals surface area contributed by atoms with Gasteiger partial charge in [-0.15, -0.1) is 11.8 Å². The summed E-state index contributed by atoms with van der Waals surface area (Å²) in [5, 5.41) is 9.14. The van der Waals surface area contributed by atoms with E-state index in [-0.39, 0.29) is 11.4 Å². The van der Waals surface area contributed by atoms with Gasteiger partial charge < -0.3 is 10.0 Å². The highest BCUT2D eigenvalue weighted by Crippen LogP contribution is 2.30. The van der Waals surface area contributed by atoms with E-state index in [4.69, 9.17) is 0 Å². The summed E-state index contributed by atoms with van der Waals surface area (Å²) in [6.45, 7) is 4.74. The van der Waals surface area contributed by atoms with Crippen LogP contribution in [0.25, 0.3) is 0 Å². The molecule has 1 aromatic rings. The molecule has 1 saturated heterocycles. The Morgan fingerprint density at radius 2 is 2.14 bits per heavy atom. The molecule has 6 nitrogen and oxygen atoms in total. The van der Waals surface area contributed by atoms with Crippen molar-refractivity contribution in [2.75, 3.05) is 12.3 Å². The fourth-order valence-electron chi connectivity index (χ4n) is 2.31. The molecule has 2 heterocycles. The molecule has 0 radical (unpaired) electrons. The number of carboxylic acid groups (broad SMARTS) is 1. The van der Waals surface area contributed by atoms with Crippen LogP contribution in [-0.4, -0.2) is 55.6 Å². The first kappa shape index (κ1) is 15.6. The molecule has 0 saturated carbocycles. The first-order chi connectivity index (χ1) is 10.0. The van der Waals surface area contributed by atoms with Gasteiger partial charge in [-0.25, -0.2) is 9.59 Å². The maximum atomic E-state index is 12.7. The fourth-order valence-corrected chi connectivity index (χ4v) is 3.47. The maximum absolute atomic E-state index is 12.7. The van der Waals surface area contributed by atoms with Crippen molar-refractivity contribution in [2.45, 2.75) is 31.8 Å². The lowest BCUT2D eigenvalue weighted by Gasteiger charge is -2.31. The first-order valence-electron chi connectivity index (χ1n) is 6.85. The fraction of sp³-hybridized carbons (Fsp3) is 0.500. The Morgan fingerprint density at radius 1 is 1.48 bits per heavy atom. The van der Waals surface area contributed by atoms with E-state index in [9.17, 15) is 14.7 Å². The molecule has 1 aliphatic heterocycles. The molecule has 2 unspecified atom stereocenters. The molecule has 0 aliphatic carbocycles. The zero-order chi connectivity index (χ0) is 15.4. The van der Waals surface area contributed by atoms with Crippen LogP contribution in [0, 0.1) is 0 Å². The van der Waals surface area contributed by atoms with Crippen LogP contribution in [-0.2, 0) is 11.3 Å². The van der Waals surface area contributed by atoms with Crippen LogP contribution in [0.5, 0.6) is 0 Å². The second-order valence-electron chi connectivity index (χ2n) is 4.85. The zero-order valence-electron chi connectivity index (χ0n) is 12.1. The molecule has 1 N–H and O–H groups in total. The van der Waals surface area contributed by atoms with E-state index >= 15 is 0 Å². The topological polar surface area (TPSA) is 73.7 Å². The molecule has 0 bridgehead atoms. The summed E-state index contributed by atoms with van der Waals surface area (Å²) in [6, 6.07) is 2.74. The summed E-state index contributed by atoms with van der Waals surface area (Å²) < 4.78 is 0. The van der Waals surface area contributed by atoms with E-state index in [0.717, 1.165) is 5.56 Å². The Kier molecular flexibility index (Phi) is 5.06. The molecule has 2 rings (SSSR count). The third-order valence-corrected chi connectivity index (χ3v) is 4.72. The number of aliphatic carboxylic acids is 1. The Labute approximate surface area is 128 Å². The van der Waals surface area contributed by atoms with E-state index in [0.29, 0.717) is 18.8 Å². The number of carboxylic acids is 1. The second kappa shape index (κ2) is 6.80. The van der Waals surface area contributed by atoms with E-state index in [1.165, 1.54) is 16.7 Å². The quantitative estimate of drug-likeness (QED) is 0.919. The van der Waals surface area contributed by atoms with Crippen LogP contribution < -0.4 is 0 Å². The highest BCUT2D eigenvalue weighted by atomic mass is 32.2. The zero-order valence-corrected chi connectivity index (χ0v) is 12.9. The lowest BCUT2D eigenvalue weighted by atomic mass is 10.2. The summed E-state index contributed by atoms with van der Waals surface area (Å²) in [7, 11) is 0. The number of aromatic nitrogens is 1. The number of hydrogen-bond acceptors (Lipinski definition) is 4. The van der Waals surface area contributed by atoms with Crippen molar-refractivity contribution in [1.82, 2.24) is 14.8 Å². The second-order valence-corrected chi connectivity index (χ2v) is 6.20. The minimum Gasteiger partial charge on any atom is -0.480 e. The third kappa shape index (κ3) is 3.47. The van der Waals surface area contributed by atoms with Crippen LogP contribution >= 0.6 is 11.8 Å². The molecule has 1 fully saturated rings. The van der Waals surface area contributed by atoms with Crippen LogP contribution in [0.3, 0.4) is 0 Å². The van der Waals surface area contributed by atoms with E-state index in [1.54, 1.807) is 17.3 Å². The van der Waals surface area contributed by atoms with E-state index < -0.39 is 12.0 Å². The van der Waals surface area contributed by atoms with Crippen LogP contribution in [0.1, 0.15) is 19.4 Å². The van der Waals surface area contributed by atoms with Crippen molar-refractivity contribution in [3.63, 3.8) is 0 Å². The molecule has 1 aliphatic rings. The molecule has 21 heavy (non-hydrogen) atoms. The van der Waals surface area contributed by atoms with Crippen molar-refractivity contribution in [3.05, 3.63) is 30.1 Å². The molecule has 0 aromatic carbocycles. The number of thioether (sulfide) groups is 1. The molecule has 2 atom stereocenters. The van der Waals surface area contributed by atoms with Gasteiger partial charge in [-0.3, -0.25) is 9.88 Å². The Morgan fingerprint density at radius 3 is 2.71 bits per heavy atom. The molecular formula is C14H19N3O3S. The number of pyridine rings is 1. The SMILES string of the molecule is CCN(Cc1ccncc1)C(=O)N1C(C)SCC1C(=O)O. The molecule has 0 spiro atoms. The highest BCUT2D eigenvalue weighted by molar-refractivity contribution is 8.00. The third-order valence-electron chi connectivity index (χ3n) is 3.50. The minimum absolute atomic E-state index is 0.120. The summed E-state index contributed by atoms with van der Waals surface area (Å²) in [5.74, 6) is -0.505. The number of rotatable bonds is 4. The van der Waals surface area contributed by atoms with Crippen molar-refractivity contribution >= 4 is 23.8 Å². The average molecular weight is 309 g/mol. The summed E-state index contributed by atoms with van der Waals surface area (Å²) in [6.07, 6.45) is 3.37.